The van der Waals surface area contributed by atoms with Crippen molar-refractivity contribution < 1.29 is 9.18 Å². The average molecular weight is 255 g/mol. The first kappa shape index (κ1) is 12.7. The van der Waals surface area contributed by atoms with E-state index in [4.69, 9.17) is 5.26 Å². The first-order valence-corrected chi connectivity index (χ1v) is 5.57. The number of nitrogens with zero attached hydrogens (tertiary/aromatic N) is 2. The zero-order valence-corrected chi connectivity index (χ0v) is 9.88. The van der Waals surface area contributed by atoms with Crippen molar-refractivity contribution >= 4 is 5.91 Å². The van der Waals surface area contributed by atoms with Gasteiger partial charge in [0.05, 0.1) is 17.8 Å². The fourth-order valence-electron chi connectivity index (χ4n) is 1.60. The van der Waals surface area contributed by atoms with Gasteiger partial charge in [0.2, 0.25) is 0 Å². The van der Waals surface area contributed by atoms with Crippen LogP contribution in [0.2, 0.25) is 0 Å². The highest BCUT2D eigenvalue weighted by molar-refractivity contribution is 5.94. The topological polar surface area (TPSA) is 65.8 Å². The standard InChI is InChI=1S/C14H10FN3O/c15-12-9-17-7-6-11(12)14(19)18-13(8-16)10-4-2-1-3-5-10/h1-7,9,13H,(H,18,19). The lowest BCUT2D eigenvalue weighted by Gasteiger charge is -2.12. The van der Waals surface area contributed by atoms with Gasteiger partial charge in [0.25, 0.3) is 5.91 Å². The molecule has 0 saturated carbocycles. The van der Waals surface area contributed by atoms with Gasteiger partial charge in [-0.05, 0) is 11.6 Å². The number of carbonyl (C=O) groups excluding carboxylic acids is 1. The summed E-state index contributed by atoms with van der Waals surface area (Å²) in [6, 6.07) is 11.2. The van der Waals surface area contributed by atoms with Crippen molar-refractivity contribution in [1.82, 2.24) is 10.3 Å². The molecule has 94 valence electrons. The van der Waals surface area contributed by atoms with Gasteiger partial charge in [0.15, 0.2) is 5.82 Å². The number of benzene rings is 1. The molecule has 1 unspecified atom stereocenters. The fourth-order valence-corrected chi connectivity index (χ4v) is 1.60. The molecule has 0 radical (unpaired) electrons. The Morgan fingerprint density at radius 2 is 2.05 bits per heavy atom. The molecular formula is C14H10FN3O. The second kappa shape index (κ2) is 5.74. The Morgan fingerprint density at radius 3 is 2.68 bits per heavy atom. The lowest BCUT2D eigenvalue weighted by Crippen LogP contribution is -2.28. The van der Waals surface area contributed by atoms with Crippen molar-refractivity contribution in [3.8, 4) is 6.07 Å². The number of halogens is 1. The second-order valence-electron chi connectivity index (χ2n) is 3.80. The predicted molar refractivity (Wildman–Crippen MR) is 66.5 cm³/mol. The molecule has 0 bridgehead atoms. The summed E-state index contributed by atoms with van der Waals surface area (Å²) in [5.74, 6) is -1.36. The first-order chi connectivity index (χ1) is 9.22. The maximum atomic E-state index is 13.4. The van der Waals surface area contributed by atoms with Crippen LogP contribution in [0.15, 0.2) is 48.8 Å². The van der Waals surface area contributed by atoms with E-state index in [1.807, 2.05) is 12.1 Å². The summed E-state index contributed by atoms with van der Waals surface area (Å²) >= 11 is 0. The number of nitriles is 1. The second-order valence-corrected chi connectivity index (χ2v) is 3.80. The first-order valence-electron chi connectivity index (χ1n) is 5.57. The Bertz CT molecular complexity index is 622. The van der Waals surface area contributed by atoms with E-state index in [0.29, 0.717) is 5.56 Å². The summed E-state index contributed by atoms with van der Waals surface area (Å²) in [6.07, 6.45) is 2.28. The van der Waals surface area contributed by atoms with Crippen LogP contribution in [0, 0.1) is 17.1 Å². The van der Waals surface area contributed by atoms with Gasteiger partial charge in [-0.2, -0.15) is 5.26 Å². The van der Waals surface area contributed by atoms with E-state index in [-0.39, 0.29) is 5.56 Å². The van der Waals surface area contributed by atoms with Crippen LogP contribution in [-0.4, -0.2) is 10.9 Å². The third-order valence-corrected chi connectivity index (χ3v) is 2.55. The van der Waals surface area contributed by atoms with E-state index in [0.717, 1.165) is 6.20 Å². The third kappa shape index (κ3) is 2.93. The van der Waals surface area contributed by atoms with Gasteiger partial charge in [0.1, 0.15) is 6.04 Å². The van der Waals surface area contributed by atoms with Gasteiger partial charge in [-0.25, -0.2) is 4.39 Å². The van der Waals surface area contributed by atoms with E-state index in [9.17, 15) is 9.18 Å². The van der Waals surface area contributed by atoms with Crippen LogP contribution in [0.3, 0.4) is 0 Å². The quantitative estimate of drug-likeness (QED) is 0.914. The van der Waals surface area contributed by atoms with Crippen LogP contribution in [0.4, 0.5) is 4.39 Å². The van der Waals surface area contributed by atoms with E-state index in [2.05, 4.69) is 10.3 Å². The van der Waals surface area contributed by atoms with Crippen molar-refractivity contribution in [2.75, 3.05) is 0 Å². The summed E-state index contributed by atoms with van der Waals surface area (Å²) in [5, 5.41) is 11.5. The van der Waals surface area contributed by atoms with Crippen LogP contribution in [0.25, 0.3) is 0 Å². The Morgan fingerprint density at radius 1 is 1.32 bits per heavy atom. The summed E-state index contributed by atoms with van der Waals surface area (Å²) in [7, 11) is 0. The summed E-state index contributed by atoms with van der Waals surface area (Å²) in [6.45, 7) is 0. The van der Waals surface area contributed by atoms with Crippen LogP contribution in [0.1, 0.15) is 22.0 Å². The molecule has 0 fully saturated rings. The Balaban J connectivity index is 2.19. The van der Waals surface area contributed by atoms with Gasteiger partial charge in [-0.3, -0.25) is 9.78 Å². The van der Waals surface area contributed by atoms with E-state index >= 15 is 0 Å². The summed E-state index contributed by atoms with van der Waals surface area (Å²) in [5.41, 5.74) is 0.513. The molecule has 4 nitrogen and oxygen atoms in total. The molecular weight excluding hydrogens is 245 g/mol. The number of aromatic nitrogens is 1. The molecule has 19 heavy (non-hydrogen) atoms. The number of nitrogens with one attached hydrogen (secondary N) is 1. The lowest BCUT2D eigenvalue weighted by molar-refractivity contribution is 0.0941. The third-order valence-electron chi connectivity index (χ3n) is 2.55. The minimum Gasteiger partial charge on any atom is -0.332 e. The Kier molecular flexibility index (Phi) is 3.84. The normalized spacial score (nSPS) is 11.4. The van der Waals surface area contributed by atoms with Gasteiger partial charge >= 0.3 is 0 Å². The fraction of sp³-hybridized carbons (Fsp3) is 0.0714. The highest BCUT2D eigenvalue weighted by Crippen LogP contribution is 2.13. The smallest absolute Gasteiger partial charge is 0.255 e. The molecule has 1 aromatic heterocycles. The number of amides is 1. The number of hydrogen-bond acceptors (Lipinski definition) is 3. The van der Waals surface area contributed by atoms with Gasteiger partial charge in [-0.1, -0.05) is 30.3 Å². The van der Waals surface area contributed by atoms with E-state index in [1.54, 1.807) is 24.3 Å². The molecule has 1 aromatic carbocycles. The zero-order valence-electron chi connectivity index (χ0n) is 9.88. The molecule has 5 heteroatoms. The number of hydrogen-bond donors (Lipinski definition) is 1. The largest absolute Gasteiger partial charge is 0.332 e. The van der Waals surface area contributed by atoms with Crippen LogP contribution < -0.4 is 5.32 Å². The molecule has 2 rings (SSSR count). The zero-order chi connectivity index (χ0) is 13.7. The van der Waals surface area contributed by atoms with Gasteiger partial charge < -0.3 is 5.32 Å². The van der Waals surface area contributed by atoms with Gasteiger partial charge in [-0.15, -0.1) is 0 Å². The van der Waals surface area contributed by atoms with E-state index in [1.165, 1.54) is 12.3 Å². The maximum absolute atomic E-state index is 13.4. The number of pyridine rings is 1. The molecule has 1 atom stereocenters. The minimum atomic E-state index is -0.818. The highest BCUT2D eigenvalue weighted by Gasteiger charge is 2.17. The van der Waals surface area contributed by atoms with Crippen molar-refractivity contribution in [2.24, 2.45) is 0 Å². The molecule has 1 heterocycles. The molecule has 0 aliphatic heterocycles. The predicted octanol–water partition coefficient (Wildman–Crippen LogP) is 2.22. The highest BCUT2D eigenvalue weighted by atomic mass is 19.1. The maximum Gasteiger partial charge on any atom is 0.255 e. The monoisotopic (exact) mass is 255 g/mol. The molecule has 0 spiro atoms. The van der Waals surface area contributed by atoms with Crippen molar-refractivity contribution in [2.45, 2.75) is 6.04 Å². The molecule has 1 N–H and O–H groups in total. The van der Waals surface area contributed by atoms with E-state index < -0.39 is 17.8 Å². The Hall–Kier alpha value is -2.74. The SMILES string of the molecule is N#CC(NC(=O)c1ccncc1F)c1ccccc1. The van der Waals surface area contributed by atoms with Crippen LogP contribution >= 0.6 is 0 Å². The summed E-state index contributed by atoms with van der Waals surface area (Å²) < 4.78 is 13.4. The molecule has 2 aromatic rings. The molecule has 0 aliphatic rings. The van der Waals surface area contributed by atoms with Crippen molar-refractivity contribution in [3.63, 3.8) is 0 Å². The van der Waals surface area contributed by atoms with Crippen LogP contribution in [0.5, 0.6) is 0 Å². The van der Waals surface area contributed by atoms with Crippen molar-refractivity contribution in [1.29, 1.82) is 5.26 Å². The average Bonchev–Trinajstić information content (AvgIpc) is 2.46. The number of carbonyl (C=O) groups is 1. The minimum absolute atomic E-state index is 0.133. The molecule has 0 saturated heterocycles. The van der Waals surface area contributed by atoms with Crippen LogP contribution in [-0.2, 0) is 0 Å². The van der Waals surface area contributed by atoms with Gasteiger partial charge in [0, 0.05) is 6.20 Å². The lowest BCUT2D eigenvalue weighted by atomic mass is 10.1. The number of rotatable bonds is 3. The molecule has 1 amide bonds. The van der Waals surface area contributed by atoms with Crippen molar-refractivity contribution in [3.05, 3.63) is 65.7 Å². The summed E-state index contributed by atoms with van der Waals surface area (Å²) in [4.78, 5) is 15.4. The molecule has 0 aliphatic carbocycles. The Labute approximate surface area is 109 Å².